The van der Waals surface area contributed by atoms with Crippen molar-refractivity contribution in [2.75, 3.05) is 0 Å². The van der Waals surface area contributed by atoms with Gasteiger partial charge in [-0.15, -0.1) is 0 Å². The van der Waals surface area contributed by atoms with Gasteiger partial charge >= 0.3 is 0 Å². The molecule has 16 heavy (non-hydrogen) atoms. The van der Waals surface area contributed by atoms with Gasteiger partial charge in [0.1, 0.15) is 5.82 Å². The van der Waals surface area contributed by atoms with E-state index < -0.39 is 11.7 Å². The van der Waals surface area contributed by atoms with Crippen molar-refractivity contribution in [1.29, 1.82) is 0 Å². The summed E-state index contributed by atoms with van der Waals surface area (Å²) in [6, 6.07) is 5.85. The first-order valence-corrected chi connectivity index (χ1v) is 5.48. The molecule has 0 heterocycles. The molecule has 1 saturated carbocycles. The van der Waals surface area contributed by atoms with Crippen LogP contribution in [0.15, 0.2) is 24.3 Å². The molecule has 0 radical (unpaired) electrons. The Morgan fingerprint density at radius 3 is 2.69 bits per heavy atom. The predicted octanol–water partition coefficient (Wildman–Crippen LogP) is 2.43. The van der Waals surface area contributed by atoms with Crippen LogP contribution in [-0.4, -0.2) is 12.0 Å². The Kier molecular flexibility index (Phi) is 3.51. The molecule has 0 aromatic heterocycles. The molecular formula is C12H14FNO2. The molecule has 0 saturated heterocycles. The second-order valence-corrected chi connectivity index (χ2v) is 3.94. The van der Waals surface area contributed by atoms with Crippen LogP contribution in [-0.2, 0) is 4.84 Å². The van der Waals surface area contributed by atoms with Crippen LogP contribution < -0.4 is 5.48 Å². The minimum absolute atomic E-state index is 0.0143. The SMILES string of the molecule is O=C(NOC1CCCC1)c1ccccc1F. The highest BCUT2D eigenvalue weighted by Gasteiger charge is 2.18. The van der Waals surface area contributed by atoms with Crippen LogP contribution in [0.2, 0.25) is 0 Å². The Hall–Kier alpha value is -1.42. The summed E-state index contributed by atoms with van der Waals surface area (Å²) < 4.78 is 13.2. The summed E-state index contributed by atoms with van der Waals surface area (Å²) in [6.45, 7) is 0. The molecule has 1 aromatic rings. The third-order valence-electron chi connectivity index (χ3n) is 2.74. The average Bonchev–Trinajstić information content (AvgIpc) is 2.79. The zero-order chi connectivity index (χ0) is 11.4. The van der Waals surface area contributed by atoms with Crippen LogP contribution in [0.4, 0.5) is 4.39 Å². The molecule has 1 fully saturated rings. The molecule has 0 aliphatic heterocycles. The quantitative estimate of drug-likeness (QED) is 0.799. The monoisotopic (exact) mass is 223 g/mol. The molecule has 0 bridgehead atoms. The van der Waals surface area contributed by atoms with E-state index in [-0.39, 0.29) is 11.7 Å². The molecule has 86 valence electrons. The zero-order valence-corrected chi connectivity index (χ0v) is 8.91. The smallest absolute Gasteiger partial charge is 0.270 e. The summed E-state index contributed by atoms with van der Waals surface area (Å²) in [6.07, 6.45) is 4.24. The molecule has 1 aliphatic carbocycles. The number of halogens is 1. The molecular weight excluding hydrogens is 209 g/mol. The first kappa shape index (κ1) is 11.1. The van der Waals surface area contributed by atoms with Crippen molar-refractivity contribution < 1.29 is 14.0 Å². The fourth-order valence-electron chi connectivity index (χ4n) is 1.84. The summed E-state index contributed by atoms with van der Waals surface area (Å²) >= 11 is 0. The van der Waals surface area contributed by atoms with Crippen molar-refractivity contribution in [3.63, 3.8) is 0 Å². The van der Waals surface area contributed by atoms with Crippen molar-refractivity contribution in [2.45, 2.75) is 31.8 Å². The lowest BCUT2D eigenvalue weighted by Crippen LogP contribution is -2.28. The van der Waals surface area contributed by atoms with E-state index in [1.54, 1.807) is 12.1 Å². The lowest BCUT2D eigenvalue weighted by atomic mass is 10.2. The van der Waals surface area contributed by atoms with Crippen LogP contribution in [0.3, 0.4) is 0 Å². The van der Waals surface area contributed by atoms with Crippen molar-refractivity contribution >= 4 is 5.91 Å². The van der Waals surface area contributed by atoms with Crippen molar-refractivity contribution in [3.8, 4) is 0 Å². The summed E-state index contributed by atoms with van der Waals surface area (Å²) in [7, 11) is 0. The molecule has 1 N–H and O–H groups in total. The minimum Gasteiger partial charge on any atom is -0.270 e. The Morgan fingerprint density at radius 2 is 2.00 bits per heavy atom. The summed E-state index contributed by atoms with van der Waals surface area (Å²) in [5.74, 6) is -1.06. The second kappa shape index (κ2) is 5.07. The van der Waals surface area contributed by atoms with Gasteiger partial charge in [0.2, 0.25) is 0 Å². The fourth-order valence-corrected chi connectivity index (χ4v) is 1.84. The van der Waals surface area contributed by atoms with E-state index >= 15 is 0 Å². The van der Waals surface area contributed by atoms with E-state index in [0.717, 1.165) is 25.7 Å². The molecule has 0 unspecified atom stereocenters. The molecule has 0 spiro atoms. The summed E-state index contributed by atoms with van der Waals surface area (Å²) in [4.78, 5) is 16.8. The maximum absolute atomic E-state index is 13.2. The Balaban J connectivity index is 1.90. The van der Waals surface area contributed by atoms with Crippen molar-refractivity contribution in [3.05, 3.63) is 35.6 Å². The number of benzene rings is 1. The van der Waals surface area contributed by atoms with Crippen LogP contribution >= 0.6 is 0 Å². The third kappa shape index (κ3) is 2.58. The molecule has 2 rings (SSSR count). The van der Waals surface area contributed by atoms with Crippen molar-refractivity contribution in [2.24, 2.45) is 0 Å². The number of hydroxylamine groups is 1. The largest absolute Gasteiger partial charge is 0.277 e. The van der Waals surface area contributed by atoms with Gasteiger partial charge in [0, 0.05) is 0 Å². The van der Waals surface area contributed by atoms with E-state index in [9.17, 15) is 9.18 Å². The first-order valence-electron chi connectivity index (χ1n) is 5.48. The highest BCUT2D eigenvalue weighted by atomic mass is 19.1. The minimum atomic E-state index is -0.532. The molecule has 1 aromatic carbocycles. The van der Waals surface area contributed by atoms with Gasteiger partial charge < -0.3 is 0 Å². The first-order chi connectivity index (χ1) is 7.77. The molecule has 3 nitrogen and oxygen atoms in total. The highest BCUT2D eigenvalue weighted by Crippen LogP contribution is 2.20. The standard InChI is InChI=1S/C12H14FNO2/c13-11-8-4-3-7-10(11)12(15)14-16-9-5-1-2-6-9/h3-4,7-9H,1-2,5-6H2,(H,14,15). The van der Waals surface area contributed by atoms with E-state index in [1.165, 1.54) is 12.1 Å². The summed E-state index contributed by atoms with van der Waals surface area (Å²) in [5, 5.41) is 0. The number of nitrogens with one attached hydrogen (secondary N) is 1. The molecule has 4 heteroatoms. The average molecular weight is 223 g/mol. The maximum atomic E-state index is 13.2. The predicted molar refractivity (Wildman–Crippen MR) is 57.2 cm³/mol. The molecule has 1 amide bonds. The highest BCUT2D eigenvalue weighted by molar-refractivity contribution is 5.93. The van der Waals surface area contributed by atoms with Crippen LogP contribution in [0.5, 0.6) is 0 Å². The Bertz CT molecular complexity index is 375. The fraction of sp³-hybridized carbons (Fsp3) is 0.417. The van der Waals surface area contributed by atoms with Crippen LogP contribution in [0.25, 0.3) is 0 Å². The van der Waals surface area contributed by atoms with E-state index in [0.29, 0.717) is 0 Å². The lowest BCUT2D eigenvalue weighted by molar-refractivity contribution is -0.0127. The van der Waals surface area contributed by atoms with Gasteiger partial charge in [0.05, 0.1) is 11.7 Å². The summed E-state index contributed by atoms with van der Waals surface area (Å²) in [5.41, 5.74) is 2.32. The number of hydrogen-bond donors (Lipinski definition) is 1. The molecule has 0 atom stereocenters. The third-order valence-corrected chi connectivity index (χ3v) is 2.74. The Morgan fingerprint density at radius 1 is 1.31 bits per heavy atom. The van der Waals surface area contributed by atoms with E-state index in [2.05, 4.69) is 5.48 Å². The molecule has 1 aliphatic rings. The normalized spacial score (nSPS) is 16.3. The lowest BCUT2D eigenvalue weighted by Gasteiger charge is -2.11. The van der Waals surface area contributed by atoms with E-state index in [4.69, 9.17) is 4.84 Å². The maximum Gasteiger partial charge on any atom is 0.277 e. The number of carbonyl (C=O) groups excluding carboxylic acids is 1. The van der Waals surface area contributed by atoms with Gasteiger partial charge in [0.25, 0.3) is 5.91 Å². The van der Waals surface area contributed by atoms with E-state index in [1.807, 2.05) is 0 Å². The number of hydrogen-bond acceptors (Lipinski definition) is 2. The van der Waals surface area contributed by atoms with Gasteiger partial charge in [-0.2, -0.15) is 0 Å². The van der Waals surface area contributed by atoms with Crippen LogP contribution in [0, 0.1) is 5.82 Å². The van der Waals surface area contributed by atoms with Crippen LogP contribution in [0.1, 0.15) is 36.0 Å². The van der Waals surface area contributed by atoms with Gasteiger partial charge in [-0.25, -0.2) is 9.87 Å². The number of carbonyl (C=O) groups is 1. The van der Waals surface area contributed by atoms with Crippen molar-refractivity contribution in [1.82, 2.24) is 5.48 Å². The number of amides is 1. The Labute approximate surface area is 93.6 Å². The number of rotatable bonds is 3. The van der Waals surface area contributed by atoms with Gasteiger partial charge in [-0.1, -0.05) is 25.0 Å². The van der Waals surface area contributed by atoms with Gasteiger partial charge in [-0.3, -0.25) is 9.63 Å². The topological polar surface area (TPSA) is 38.3 Å². The zero-order valence-electron chi connectivity index (χ0n) is 8.91. The van der Waals surface area contributed by atoms with Gasteiger partial charge in [-0.05, 0) is 25.0 Å². The second-order valence-electron chi connectivity index (χ2n) is 3.94. The van der Waals surface area contributed by atoms with Gasteiger partial charge in [0.15, 0.2) is 0 Å².